The third-order valence-electron chi connectivity index (χ3n) is 2.82. The largest absolute Gasteiger partial charge is 0.476 e. The number of halogens is 1. The monoisotopic (exact) mass is 260 g/mol. The topological polar surface area (TPSA) is 55.8 Å². The van der Waals surface area contributed by atoms with Crippen LogP contribution in [0.25, 0.3) is 0 Å². The van der Waals surface area contributed by atoms with Gasteiger partial charge in [-0.25, -0.2) is 4.79 Å². The van der Waals surface area contributed by atoms with E-state index in [1.54, 1.807) is 0 Å². The van der Waals surface area contributed by atoms with E-state index in [1.807, 2.05) is 0 Å². The smallest absolute Gasteiger partial charge is 0.364 e. The van der Waals surface area contributed by atoms with Crippen molar-refractivity contribution < 1.29 is 23.8 Å². The number of hydrogen-bond acceptors (Lipinski definition) is 3. The molecule has 0 spiro atoms. The highest BCUT2D eigenvalue weighted by Gasteiger charge is 2.13. The van der Waals surface area contributed by atoms with Crippen LogP contribution >= 0.6 is 0 Å². The second-order valence-corrected chi connectivity index (χ2v) is 4.37. The van der Waals surface area contributed by atoms with Crippen LogP contribution in [0.4, 0.5) is 4.39 Å². The number of unbranched alkanes of at least 4 members (excludes halogenated alkanes) is 3. The minimum Gasteiger partial charge on any atom is -0.476 e. The molecule has 4 nitrogen and oxygen atoms in total. The molecule has 0 aromatic carbocycles. The fourth-order valence-corrected chi connectivity index (χ4v) is 1.80. The molecule has 18 heavy (non-hydrogen) atoms. The molecule has 0 saturated carbocycles. The molecule has 1 heterocycles. The standard InChI is InChI=1S/C13H21FO4/c14-11(13(15)16)7-3-1-2-5-9-17-12-8-4-6-10-18-12/h7,12H,1-6,8-10H2,(H,15,16). The van der Waals surface area contributed by atoms with Crippen molar-refractivity contribution in [2.75, 3.05) is 13.2 Å². The van der Waals surface area contributed by atoms with E-state index in [0.29, 0.717) is 13.0 Å². The van der Waals surface area contributed by atoms with Crippen molar-refractivity contribution >= 4 is 5.97 Å². The van der Waals surface area contributed by atoms with E-state index < -0.39 is 11.8 Å². The summed E-state index contributed by atoms with van der Waals surface area (Å²) in [4.78, 5) is 10.2. The Bertz CT molecular complexity index is 272. The fourth-order valence-electron chi connectivity index (χ4n) is 1.80. The van der Waals surface area contributed by atoms with Crippen molar-refractivity contribution in [3.8, 4) is 0 Å². The number of rotatable bonds is 8. The van der Waals surface area contributed by atoms with Gasteiger partial charge in [-0.05, 0) is 44.6 Å². The highest BCUT2D eigenvalue weighted by Crippen LogP contribution is 2.14. The Labute approximate surface area is 107 Å². The van der Waals surface area contributed by atoms with Gasteiger partial charge in [-0.3, -0.25) is 0 Å². The summed E-state index contributed by atoms with van der Waals surface area (Å²) in [5.41, 5.74) is 0. The van der Waals surface area contributed by atoms with Gasteiger partial charge >= 0.3 is 5.97 Å². The molecule has 1 N–H and O–H groups in total. The Morgan fingerprint density at radius 2 is 2.22 bits per heavy atom. The summed E-state index contributed by atoms with van der Waals surface area (Å²) >= 11 is 0. The Morgan fingerprint density at radius 3 is 2.89 bits per heavy atom. The Hall–Kier alpha value is -0.940. The molecule has 1 unspecified atom stereocenters. The molecule has 1 atom stereocenters. The number of carboxylic acids is 1. The lowest BCUT2D eigenvalue weighted by Gasteiger charge is -2.22. The lowest BCUT2D eigenvalue weighted by atomic mass is 10.2. The van der Waals surface area contributed by atoms with Gasteiger partial charge in [-0.1, -0.05) is 6.42 Å². The third-order valence-corrected chi connectivity index (χ3v) is 2.82. The molecule has 0 aromatic heterocycles. The zero-order chi connectivity index (χ0) is 13.2. The van der Waals surface area contributed by atoms with Crippen LogP contribution in [-0.2, 0) is 14.3 Å². The summed E-state index contributed by atoms with van der Waals surface area (Å²) in [6.45, 7) is 1.43. The molecule has 0 bridgehead atoms. The van der Waals surface area contributed by atoms with Crippen molar-refractivity contribution in [1.82, 2.24) is 0 Å². The zero-order valence-corrected chi connectivity index (χ0v) is 10.6. The fraction of sp³-hybridized carbons (Fsp3) is 0.769. The summed E-state index contributed by atoms with van der Waals surface area (Å²) in [6, 6.07) is 0. The predicted octanol–water partition coefficient (Wildman–Crippen LogP) is 3.03. The van der Waals surface area contributed by atoms with E-state index >= 15 is 0 Å². The lowest BCUT2D eigenvalue weighted by Crippen LogP contribution is -2.22. The van der Waals surface area contributed by atoms with Crippen molar-refractivity contribution in [2.45, 2.75) is 51.2 Å². The quantitative estimate of drug-likeness (QED) is 0.538. The number of carboxylic acid groups (broad SMARTS) is 1. The maximum absolute atomic E-state index is 12.6. The second-order valence-electron chi connectivity index (χ2n) is 4.37. The number of ether oxygens (including phenoxy) is 2. The minimum absolute atomic E-state index is 0.0527. The first-order valence-electron chi connectivity index (χ1n) is 6.52. The number of carbonyl (C=O) groups is 1. The summed E-state index contributed by atoms with van der Waals surface area (Å²) < 4.78 is 23.5. The van der Waals surface area contributed by atoms with Crippen LogP contribution in [0.3, 0.4) is 0 Å². The van der Waals surface area contributed by atoms with E-state index in [4.69, 9.17) is 14.6 Å². The molecule has 1 rings (SSSR count). The van der Waals surface area contributed by atoms with Crippen molar-refractivity contribution in [3.05, 3.63) is 11.9 Å². The number of allylic oxidation sites excluding steroid dienone is 1. The van der Waals surface area contributed by atoms with Gasteiger partial charge in [0, 0.05) is 13.2 Å². The SMILES string of the molecule is O=C(O)C(F)=CCCCCCOC1CCCCO1. The first kappa shape index (κ1) is 15.1. The van der Waals surface area contributed by atoms with Crippen LogP contribution in [0.15, 0.2) is 11.9 Å². The lowest BCUT2D eigenvalue weighted by molar-refractivity contribution is -0.162. The van der Waals surface area contributed by atoms with Crippen LogP contribution in [0.1, 0.15) is 44.9 Å². The molecule has 1 aliphatic heterocycles. The number of aliphatic carboxylic acids is 1. The highest BCUT2D eigenvalue weighted by molar-refractivity contribution is 5.83. The molecule has 1 aliphatic rings. The molecule has 0 aromatic rings. The normalized spacial score (nSPS) is 20.9. The summed E-state index contributed by atoms with van der Waals surface area (Å²) in [5, 5.41) is 8.29. The summed E-state index contributed by atoms with van der Waals surface area (Å²) in [6.07, 6.45) is 7.32. The first-order chi connectivity index (χ1) is 8.70. The highest BCUT2D eigenvalue weighted by atomic mass is 19.1. The molecule has 0 radical (unpaired) electrons. The van der Waals surface area contributed by atoms with E-state index in [9.17, 15) is 9.18 Å². The van der Waals surface area contributed by atoms with Crippen LogP contribution < -0.4 is 0 Å². The molecule has 1 saturated heterocycles. The molecule has 0 aliphatic carbocycles. The van der Waals surface area contributed by atoms with Crippen LogP contribution in [0, 0.1) is 0 Å². The first-order valence-corrected chi connectivity index (χ1v) is 6.52. The van der Waals surface area contributed by atoms with E-state index in [1.165, 1.54) is 0 Å². The van der Waals surface area contributed by atoms with Crippen LogP contribution in [0.5, 0.6) is 0 Å². The van der Waals surface area contributed by atoms with Gasteiger partial charge < -0.3 is 14.6 Å². The maximum Gasteiger partial charge on any atom is 0.364 e. The van der Waals surface area contributed by atoms with Crippen molar-refractivity contribution in [3.63, 3.8) is 0 Å². The molecular formula is C13H21FO4. The van der Waals surface area contributed by atoms with Crippen molar-refractivity contribution in [2.24, 2.45) is 0 Å². The summed E-state index contributed by atoms with van der Waals surface area (Å²) in [5.74, 6) is -2.56. The van der Waals surface area contributed by atoms with E-state index in [-0.39, 0.29) is 6.29 Å². The van der Waals surface area contributed by atoms with Gasteiger partial charge in [0.25, 0.3) is 0 Å². The van der Waals surface area contributed by atoms with Crippen molar-refractivity contribution in [1.29, 1.82) is 0 Å². The molecule has 104 valence electrons. The van der Waals surface area contributed by atoms with Gasteiger partial charge in [0.05, 0.1) is 0 Å². The van der Waals surface area contributed by atoms with E-state index in [2.05, 4.69) is 0 Å². The average molecular weight is 260 g/mol. The van der Waals surface area contributed by atoms with Crippen LogP contribution in [0.2, 0.25) is 0 Å². The zero-order valence-electron chi connectivity index (χ0n) is 10.6. The molecule has 1 fully saturated rings. The third kappa shape index (κ3) is 6.71. The Balaban J connectivity index is 1.92. The summed E-state index contributed by atoms with van der Waals surface area (Å²) in [7, 11) is 0. The minimum atomic E-state index is -1.49. The van der Waals surface area contributed by atoms with Gasteiger partial charge in [0.1, 0.15) is 0 Å². The van der Waals surface area contributed by atoms with Gasteiger partial charge in [-0.2, -0.15) is 4.39 Å². The maximum atomic E-state index is 12.6. The van der Waals surface area contributed by atoms with E-state index in [0.717, 1.165) is 51.2 Å². The number of hydrogen-bond donors (Lipinski definition) is 1. The van der Waals surface area contributed by atoms with Gasteiger partial charge in [-0.15, -0.1) is 0 Å². The van der Waals surface area contributed by atoms with Gasteiger partial charge in [0.2, 0.25) is 5.83 Å². The molecule has 0 amide bonds. The van der Waals surface area contributed by atoms with Crippen LogP contribution in [-0.4, -0.2) is 30.6 Å². The second kappa shape index (κ2) is 9.05. The average Bonchev–Trinajstić information content (AvgIpc) is 2.38. The molecular weight excluding hydrogens is 239 g/mol. The Kier molecular flexibility index (Phi) is 7.60. The predicted molar refractivity (Wildman–Crippen MR) is 64.8 cm³/mol. The van der Waals surface area contributed by atoms with Gasteiger partial charge in [0.15, 0.2) is 6.29 Å². The Morgan fingerprint density at radius 1 is 1.39 bits per heavy atom. The molecule has 5 heteroatoms.